The van der Waals surface area contributed by atoms with Crippen LogP contribution in [0.3, 0.4) is 0 Å². The van der Waals surface area contributed by atoms with Gasteiger partial charge in [-0.15, -0.1) is 11.8 Å². The first-order valence-corrected chi connectivity index (χ1v) is 11.3. The van der Waals surface area contributed by atoms with Crippen molar-refractivity contribution in [3.63, 3.8) is 0 Å². The highest BCUT2D eigenvalue weighted by Crippen LogP contribution is 2.24. The molecule has 0 unspecified atom stereocenters. The Morgan fingerprint density at radius 2 is 1.80 bits per heavy atom. The van der Waals surface area contributed by atoms with Gasteiger partial charge in [0.15, 0.2) is 0 Å². The molecule has 30 heavy (non-hydrogen) atoms. The molecule has 1 aliphatic heterocycles. The maximum Gasteiger partial charge on any atom is 0.241 e. The van der Waals surface area contributed by atoms with Gasteiger partial charge in [0.05, 0.1) is 11.7 Å². The molecule has 1 amide bonds. The Bertz CT molecular complexity index is 985. The molecule has 1 fully saturated rings. The van der Waals surface area contributed by atoms with Crippen molar-refractivity contribution in [1.29, 1.82) is 0 Å². The third kappa shape index (κ3) is 5.17. The molecule has 154 valence electrons. The lowest BCUT2D eigenvalue weighted by Gasteiger charge is -2.22. The van der Waals surface area contributed by atoms with E-state index in [9.17, 15) is 4.79 Å². The number of thioether (sulfide) groups is 1. The zero-order chi connectivity index (χ0) is 20.8. The summed E-state index contributed by atoms with van der Waals surface area (Å²) in [6.45, 7) is 0.906. The Balaban J connectivity index is 1.40. The molecule has 2 heterocycles. The molecular weight excluding hydrogens is 394 g/mol. The Hall–Kier alpha value is -2.90. The first-order valence-electron chi connectivity index (χ1n) is 10.1. The summed E-state index contributed by atoms with van der Waals surface area (Å²) in [5, 5.41) is 9.55. The van der Waals surface area contributed by atoms with E-state index in [4.69, 9.17) is 0 Å². The van der Waals surface area contributed by atoms with Crippen molar-refractivity contribution in [3.05, 3.63) is 60.9 Å². The molecule has 1 atom stereocenters. The number of nitrogens with zero attached hydrogens (tertiary/aromatic N) is 2. The van der Waals surface area contributed by atoms with Gasteiger partial charge in [-0.2, -0.15) is 0 Å². The second-order valence-electron chi connectivity index (χ2n) is 7.21. The molecule has 1 aromatic heterocycles. The van der Waals surface area contributed by atoms with Crippen molar-refractivity contribution in [2.45, 2.75) is 30.2 Å². The molecule has 3 aromatic rings. The van der Waals surface area contributed by atoms with E-state index in [2.05, 4.69) is 56.4 Å². The lowest BCUT2D eigenvalue weighted by Crippen LogP contribution is -2.43. The van der Waals surface area contributed by atoms with E-state index >= 15 is 0 Å². The number of rotatable bonds is 6. The third-order valence-electron chi connectivity index (χ3n) is 5.10. The Morgan fingerprint density at radius 1 is 1.03 bits per heavy atom. The van der Waals surface area contributed by atoms with Crippen LogP contribution in [0.25, 0.3) is 11.3 Å². The summed E-state index contributed by atoms with van der Waals surface area (Å²) in [7, 11) is 0. The topological polar surface area (TPSA) is 78.9 Å². The van der Waals surface area contributed by atoms with Crippen LogP contribution in [0.4, 0.5) is 17.2 Å². The number of carbonyl (C=O) groups excluding carboxylic acids is 1. The van der Waals surface area contributed by atoms with Crippen molar-refractivity contribution in [2.24, 2.45) is 0 Å². The molecule has 0 radical (unpaired) electrons. The second-order valence-corrected chi connectivity index (χ2v) is 8.09. The van der Waals surface area contributed by atoms with E-state index in [1.807, 2.05) is 30.3 Å². The standard InChI is InChI=1S/C23H25N5OS/c1-30-19-11-5-16(6-12-19)21-14-22(26-15-25-21)27-17-7-9-18(10-8-17)28-23(29)20-4-2-3-13-24-20/h5-12,14-15,20,24H,2-4,13H2,1H3,(H,28,29)(H,25,26,27)/t20-/m0/s1. The minimum atomic E-state index is -0.0963. The molecule has 0 saturated carbocycles. The monoisotopic (exact) mass is 419 g/mol. The van der Waals surface area contributed by atoms with Gasteiger partial charge in [-0.25, -0.2) is 9.97 Å². The molecular formula is C23H25N5OS. The summed E-state index contributed by atoms with van der Waals surface area (Å²) < 4.78 is 0. The summed E-state index contributed by atoms with van der Waals surface area (Å²) in [5.74, 6) is 0.750. The van der Waals surface area contributed by atoms with Crippen LogP contribution in [0.15, 0.2) is 65.8 Å². The van der Waals surface area contributed by atoms with Crippen molar-refractivity contribution in [2.75, 3.05) is 23.4 Å². The normalized spacial score (nSPS) is 16.1. The lowest BCUT2D eigenvalue weighted by atomic mass is 10.0. The quantitative estimate of drug-likeness (QED) is 0.503. The van der Waals surface area contributed by atoms with Crippen LogP contribution in [0.2, 0.25) is 0 Å². The smallest absolute Gasteiger partial charge is 0.241 e. The predicted octanol–water partition coefficient (Wildman–Crippen LogP) is 4.69. The van der Waals surface area contributed by atoms with Gasteiger partial charge in [0.1, 0.15) is 12.1 Å². The van der Waals surface area contributed by atoms with E-state index in [0.29, 0.717) is 0 Å². The van der Waals surface area contributed by atoms with Crippen molar-refractivity contribution in [3.8, 4) is 11.3 Å². The van der Waals surface area contributed by atoms with Crippen LogP contribution in [0.5, 0.6) is 0 Å². The molecule has 6 nitrogen and oxygen atoms in total. The maximum absolute atomic E-state index is 12.3. The van der Waals surface area contributed by atoms with Crippen LogP contribution < -0.4 is 16.0 Å². The minimum Gasteiger partial charge on any atom is -0.340 e. The zero-order valence-electron chi connectivity index (χ0n) is 16.9. The zero-order valence-corrected chi connectivity index (χ0v) is 17.7. The largest absolute Gasteiger partial charge is 0.340 e. The van der Waals surface area contributed by atoms with Crippen LogP contribution >= 0.6 is 11.8 Å². The molecule has 0 aliphatic carbocycles. The number of nitrogens with one attached hydrogen (secondary N) is 3. The number of carbonyl (C=O) groups is 1. The van der Waals surface area contributed by atoms with Gasteiger partial charge < -0.3 is 16.0 Å². The SMILES string of the molecule is CSc1ccc(-c2cc(Nc3ccc(NC(=O)[C@@H]4CCCCN4)cc3)ncn2)cc1. The third-order valence-corrected chi connectivity index (χ3v) is 5.85. The highest BCUT2D eigenvalue weighted by molar-refractivity contribution is 7.98. The Labute approximate surface area is 180 Å². The average molecular weight is 420 g/mol. The van der Waals surface area contributed by atoms with Gasteiger partial charge in [-0.3, -0.25) is 4.79 Å². The fourth-order valence-corrected chi connectivity index (χ4v) is 3.84. The Kier molecular flexibility index (Phi) is 6.61. The van der Waals surface area contributed by atoms with E-state index in [1.54, 1.807) is 18.1 Å². The summed E-state index contributed by atoms with van der Waals surface area (Å²) in [6, 6.07) is 17.8. The highest BCUT2D eigenvalue weighted by atomic mass is 32.2. The van der Waals surface area contributed by atoms with Crippen LogP contribution in [0.1, 0.15) is 19.3 Å². The van der Waals surface area contributed by atoms with Gasteiger partial charge >= 0.3 is 0 Å². The molecule has 0 spiro atoms. The molecule has 2 aromatic carbocycles. The maximum atomic E-state index is 12.3. The lowest BCUT2D eigenvalue weighted by molar-refractivity contribution is -0.118. The van der Waals surface area contributed by atoms with Crippen molar-refractivity contribution < 1.29 is 4.79 Å². The number of aromatic nitrogens is 2. The van der Waals surface area contributed by atoms with Gasteiger partial charge in [-0.05, 0) is 62.0 Å². The molecule has 4 rings (SSSR count). The first kappa shape index (κ1) is 20.4. The first-order chi connectivity index (χ1) is 14.7. The van der Waals surface area contributed by atoms with Gasteiger partial charge in [0.2, 0.25) is 5.91 Å². The van der Waals surface area contributed by atoms with Crippen molar-refractivity contribution >= 4 is 34.9 Å². The summed E-state index contributed by atoms with van der Waals surface area (Å²) >= 11 is 1.72. The Morgan fingerprint density at radius 3 is 2.50 bits per heavy atom. The van der Waals surface area contributed by atoms with E-state index in [-0.39, 0.29) is 11.9 Å². The van der Waals surface area contributed by atoms with Gasteiger partial charge in [0.25, 0.3) is 0 Å². The summed E-state index contributed by atoms with van der Waals surface area (Å²) in [5.41, 5.74) is 3.60. The summed E-state index contributed by atoms with van der Waals surface area (Å²) in [4.78, 5) is 22.3. The molecule has 0 bridgehead atoms. The number of piperidine rings is 1. The van der Waals surface area contributed by atoms with Crippen molar-refractivity contribution in [1.82, 2.24) is 15.3 Å². The molecule has 3 N–H and O–H groups in total. The molecule has 1 aliphatic rings. The van der Waals surface area contributed by atoms with Crippen LogP contribution in [-0.2, 0) is 4.79 Å². The van der Waals surface area contributed by atoms with Crippen LogP contribution in [0, 0.1) is 0 Å². The van der Waals surface area contributed by atoms with Crippen LogP contribution in [-0.4, -0.2) is 34.7 Å². The average Bonchev–Trinajstić information content (AvgIpc) is 2.81. The van der Waals surface area contributed by atoms with Gasteiger partial charge in [-0.1, -0.05) is 18.6 Å². The molecule has 7 heteroatoms. The fraction of sp³-hybridized carbons (Fsp3) is 0.261. The van der Waals surface area contributed by atoms with Gasteiger partial charge in [0, 0.05) is 27.9 Å². The fourth-order valence-electron chi connectivity index (χ4n) is 3.44. The number of amides is 1. The number of hydrogen-bond acceptors (Lipinski definition) is 6. The van der Waals surface area contributed by atoms with E-state index in [0.717, 1.165) is 54.3 Å². The van der Waals surface area contributed by atoms with E-state index in [1.165, 1.54) is 4.90 Å². The number of hydrogen-bond donors (Lipinski definition) is 3. The summed E-state index contributed by atoms with van der Waals surface area (Å²) in [6.07, 6.45) is 6.74. The molecule has 1 saturated heterocycles. The number of benzene rings is 2. The number of anilines is 3. The second kappa shape index (κ2) is 9.73. The minimum absolute atomic E-state index is 0.0309. The van der Waals surface area contributed by atoms with E-state index < -0.39 is 0 Å². The highest BCUT2D eigenvalue weighted by Gasteiger charge is 2.20. The predicted molar refractivity (Wildman–Crippen MR) is 123 cm³/mol.